The number of benzene rings is 7. The van der Waals surface area contributed by atoms with E-state index in [1.807, 2.05) is 12.3 Å². The van der Waals surface area contributed by atoms with E-state index in [9.17, 15) is 0 Å². The molecule has 0 fully saturated rings. The lowest BCUT2D eigenvalue weighted by Gasteiger charge is -2.14. The van der Waals surface area contributed by atoms with Crippen molar-refractivity contribution in [2.24, 2.45) is 0 Å². The summed E-state index contributed by atoms with van der Waals surface area (Å²) in [5.41, 5.74) is 11.2. The van der Waals surface area contributed by atoms with Crippen molar-refractivity contribution in [2.75, 3.05) is 0 Å². The molecule has 1 heterocycles. The molecular weight excluding hydrogens is 482 g/mol. The van der Waals surface area contributed by atoms with E-state index in [0.29, 0.717) is 0 Å². The minimum Gasteiger partial charge on any atom is -0.256 e. The largest absolute Gasteiger partial charge is 0.256 e. The molecule has 0 bridgehead atoms. The lowest BCUT2D eigenvalue weighted by molar-refractivity contribution is 1.41. The van der Waals surface area contributed by atoms with Gasteiger partial charge in [-0.3, -0.25) is 4.98 Å². The molecule has 0 aliphatic heterocycles. The zero-order valence-electron chi connectivity index (χ0n) is 21.7. The molecule has 9 rings (SSSR count). The highest BCUT2D eigenvalue weighted by Gasteiger charge is 2.27. The van der Waals surface area contributed by atoms with Crippen LogP contribution >= 0.6 is 0 Å². The van der Waals surface area contributed by atoms with Crippen molar-refractivity contribution in [1.82, 2.24) is 4.98 Å². The van der Waals surface area contributed by atoms with Crippen LogP contribution in [0.2, 0.25) is 0 Å². The quantitative estimate of drug-likeness (QED) is 0.213. The fraction of sp³-hybridized carbons (Fsp3) is 0. The van der Waals surface area contributed by atoms with E-state index in [4.69, 9.17) is 4.98 Å². The number of fused-ring (bicyclic) bond motifs is 9. The zero-order valence-corrected chi connectivity index (χ0v) is 21.7. The summed E-state index contributed by atoms with van der Waals surface area (Å²) >= 11 is 0. The van der Waals surface area contributed by atoms with Gasteiger partial charge in [0.05, 0.1) is 5.52 Å². The van der Waals surface area contributed by atoms with Gasteiger partial charge in [0, 0.05) is 17.1 Å². The Labute approximate surface area is 232 Å². The first-order chi connectivity index (χ1) is 19.9. The standard InChI is InChI=1S/C39H23N/c1-2-10-24(11-3-1)25-19-21-33(39-32(25)18-9-23-40-39)28-20-22-35-36-29(28)16-8-17-34(36)37-30-14-6-4-12-26(30)27-13-5-7-15-31(27)38(35)37/h1-23H. The number of rotatable bonds is 2. The lowest BCUT2D eigenvalue weighted by Crippen LogP contribution is -1.90. The van der Waals surface area contributed by atoms with Crippen LogP contribution in [-0.4, -0.2) is 4.98 Å². The topological polar surface area (TPSA) is 12.9 Å². The molecule has 0 radical (unpaired) electrons. The molecule has 0 saturated heterocycles. The number of nitrogens with zero attached hydrogens (tertiary/aromatic N) is 1. The Morgan fingerprint density at radius 1 is 0.325 bits per heavy atom. The Morgan fingerprint density at radius 3 is 1.62 bits per heavy atom. The monoisotopic (exact) mass is 505 g/mol. The van der Waals surface area contributed by atoms with E-state index in [1.54, 1.807) is 0 Å². The van der Waals surface area contributed by atoms with Gasteiger partial charge in [0.15, 0.2) is 0 Å². The number of hydrogen-bond acceptors (Lipinski definition) is 1. The molecule has 1 nitrogen and oxygen atoms in total. The molecule has 1 heteroatoms. The summed E-state index contributed by atoms with van der Waals surface area (Å²) < 4.78 is 0. The molecule has 0 spiro atoms. The Hall–Kier alpha value is -5.27. The maximum Gasteiger partial charge on any atom is 0.0786 e. The van der Waals surface area contributed by atoms with Crippen LogP contribution in [0.1, 0.15) is 0 Å². The maximum atomic E-state index is 4.93. The highest BCUT2D eigenvalue weighted by molar-refractivity contribution is 6.31. The molecule has 40 heavy (non-hydrogen) atoms. The highest BCUT2D eigenvalue weighted by atomic mass is 14.7. The summed E-state index contributed by atoms with van der Waals surface area (Å²) in [6, 6.07) is 48.5. The summed E-state index contributed by atoms with van der Waals surface area (Å²) in [4.78, 5) is 4.93. The van der Waals surface area contributed by atoms with Crippen LogP contribution in [0, 0.1) is 0 Å². The van der Waals surface area contributed by atoms with Crippen molar-refractivity contribution < 1.29 is 0 Å². The van der Waals surface area contributed by atoms with E-state index >= 15 is 0 Å². The molecule has 184 valence electrons. The smallest absolute Gasteiger partial charge is 0.0786 e. The van der Waals surface area contributed by atoms with Gasteiger partial charge in [0.25, 0.3) is 0 Å². The first kappa shape index (κ1) is 21.6. The van der Waals surface area contributed by atoms with Crippen LogP contribution in [0.5, 0.6) is 0 Å². The van der Waals surface area contributed by atoms with Gasteiger partial charge in [-0.15, -0.1) is 0 Å². The first-order valence-electron chi connectivity index (χ1n) is 13.8. The first-order valence-corrected chi connectivity index (χ1v) is 13.8. The van der Waals surface area contributed by atoms with Crippen LogP contribution in [-0.2, 0) is 0 Å². The molecule has 1 aliphatic carbocycles. The maximum absolute atomic E-state index is 4.93. The average Bonchev–Trinajstić information content (AvgIpc) is 3.38. The average molecular weight is 506 g/mol. The van der Waals surface area contributed by atoms with Crippen molar-refractivity contribution in [1.29, 1.82) is 0 Å². The molecule has 0 saturated carbocycles. The van der Waals surface area contributed by atoms with Crippen LogP contribution in [0.15, 0.2) is 140 Å². The van der Waals surface area contributed by atoms with Crippen LogP contribution in [0.25, 0.3) is 87.7 Å². The molecule has 1 aromatic heterocycles. The van der Waals surface area contributed by atoms with E-state index < -0.39 is 0 Å². The van der Waals surface area contributed by atoms with E-state index in [2.05, 4.69) is 127 Å². The third-order valence-corrected chi connectivity index (χ3v) is 8.66. The van der Waals surface area contributed by atoms with Crippen LogP contribution in [0.3, 0.4) is 0 Å². The zero-order chi connectivity index (χ0) is 26.2. The third-order valence-electron chi connectivity index (χ3n) is 8.66. The van der Waals surface area contributed by atoms with Crippen LogP contribution < -0.4 is 0 Å². The van der Waals surface area contributed by atoms with E-state index in [-0.39, 0.29) is 0 Å². The fourth-order valence-electron chi connectivity index (χ4n) is 7.02. The van der Waals surface area contributed by atoms with Crippen molar-refractivity contribution in [3.63, 3.8) is 0 Å². The van der Waals surface area contributed by atoms with Gasteiger partial charge in [0.2, 0.25) is 0 Å². The van der Waals surface area contributed by atoms with Gasteiger partial charge in [-0.1, -0.05) is 127 Å². The minimum atomic E-state index is 1.04. The predicted molar refractivity (Wildman–Crippen MR) is 170 cm³/mol. The summed E-state index contributed by atoms with van der Waals surface area (Å²) in [7, 11) is 0. The Bertz CT molecular complexity index is 2240. The summed E-state index contributed by atoms with van der Waals surface area (Å²) in [6.45, 7) is 0. The SMILES string of the molecule is c1ccc(-c2ccc(-c3ccc4c5c(cccc35)-c3c-4c4ccccc4c4ccccc34)c3ncccc23)cc1. The van der Waals surface area contributed by atoms with E-state index in [1.165, 1.54) is 82.2 Å². The molecule has 7 aromatic carbocycles. The Morgan fingerprint density at radius 2 is 0.875 bits per heavy atom. The molecular formula is C39H23N. The number of pyridine rings is 1. The normalized spacial score (nSPS) is 12.0. The van der Waals surface area contributed by atoms with Gasteiger partial charge in [-0.25, -0.2) is 0 Å². The molecule has 0 unspecified atom stereocenters. The molecule has 0 atom stereocenters. The second kappa shape index (κ2) is 8.11. The molecule has 0 amide bonds. The third kappa shape index (κ3) is 2.84. The summed E-state index contributed by atoms with van der Waals surface area (Å²) in [5.74, 6) is 0. The van der Waals surface area contributed by atoms with Crippen molar-refractivity contribution >= 4 is 43.2 Å². The molecule has 1 aliphatic rings. The Balaban J connectivity index is 1.37. The summed E-state index contributed by atoms with van der Waals surface area (Å²) in [6.07, 6.45) is 1.91. The summed E-state index contributed by atoms with van der Waals surface area (Å²) in [5, 5.41) is 9.06. The van der Waals surface area contributed by atoms with Crippen molar-refractivity contribution in [3.05, 3.63) is 140 Å². The second-order valence-corrected chi connectivity index (χ2v) is 10.7. The minimum absolute atomic E-state index is 1.04. The fourth-order valence-corrected chi connectivity index (χ4v) is 7.02. The van der Waals surface area contributed by atoms with Gasteiger partial charge in [-0.05, 0) is 77.3 Å². The van der Waals surface area contributed by atoms with Gasteiger partial charge >= 0.3 is 0 Å². The Kier molecular flexibility index (Phi) is 4.39. The predicted octanol–water partition coefficient (Wildman–Crippen LogP) is 10.7. The van der Waals surface area contributed by atoms with Gasteiger partial charge in [-0.2, -0.15) is 0 Å². The van der Waals surface area contributed by atoms with Crippen molar-refractivity contribution in [3.8, 4) is 44.5 Å². The number of aromatic nitrogens is 1. The van der Waals surface area contributed by atoms with Gasteiger partial charge < -0.3 is 0 Å². The number of hydrogen-bond donors (Lipinski definition) is 0. The molecule has 0 N–H and O–H groups in total. The van der Waals surface area contributed by atoms with E-state index in [0.717, 1.165) is 5.52 Å². The van der Waals surface area contributed by atoms with Gasteiger partial charge in [0.1, 0.15) is 0 Å². The lowest BCUT2D eigenvalue weighted by atomic mass is 9.90. The second-order valence-electron chi connectivity index (χ2n) is 10.7. The highest BCUT2D eigenvalue weighted by Crippen LogP contribution is 2.55. The molecule has 8 aromatic rings. The van der Waals surface area contributed by atoms with Crippen molar-refractivity contribution in [2.45, 2.75) is 0 Å². The van der Waals surface area contributed by atoms with Crippen LogP contribution in [0.4, 0.5) is 0 Å².